The van der Waals surface area contributed by atoms with Gasteiger partial charge in [-0.15, -0.1) is 12.3 Å². The number of benzene rings is 2. The van der Waals surface area contributed by atoms with Gasteiger partial charge in [-0.05, 0) is 151 Å². The Labute approximate surface area is 660 Å². The average molecular weight is 1590 g/mol. The lowest BCUT2D eigenvalue weighted by Crippen LogP contribution is -2.60. The van der Waals surface area contributed by atoms with Gasteiger partial charge in [0, 0.05) is 91.4 Å². The number of terminal acetylenes is 1. The van der Waals surface area contributed by atoms with Gasteiger partial charge in [0.25, 0.3) is 0 Å². The van der Waals surface area contributed by atoms with E-state index in [0.717, 1.165) is 10.9 Å². The van der Waals surface area contributed by atoms with E-state index in [4.69, 9.17) is 52.1 Å². The van der Waals surface area contributed by atoms with Gasteiger partial charge in [0.15, 0.2) is 5.96 Å². The molecule has 0 unspecified atom stereocenters. The number of fused-ring (bicyclic) bond motifs is 2. The summed E-state index contributed by atoms with van der Waals surface area (Å²) in [5.74, 6) is -9.64. The summed E-state index contributed by atoms with van der Waals surface area (Å²) in [4.78, 5) is 209. The van der Waals surface area contributed by atoms with Crippen LogP contribution in [0.25, 0.3) is 32.2 Å². The average Bonchev–Trinajstić information content (AvgIpc) is 1.77. The van der Waals surface area contributed by atoms with Crippen molar-refractivity contribution in [3.05, 3.63) is 82.5 Å². The van der Waals surface area contributed by atoms with Crippen LogP contribution in [0.15, 0.2) is 71.0 Å². The number of aromatic nitrogens is 2. The number of aliphatic imine (C=N–C) groups is 1. The second-order valence-corrected chi connectivity index (χ2v) is 28.3. The highest BCUT2D eigenvalue weighted by Crippen LogP contribution is 2.24. The molecule has 0 aliphatic carbocycles. The molecule has 1 aliphatic rings. The second kappa shape index (κ2) is 48.8. The van der Waals surface area contributed by atoms with Gasteiger partial charge in [-0.1, -0.05) is 61.8 Å². The van der Waals surface area contributed by atoms with Gasteiger partial charge in [0.05, 0.1) is 6.54 Å². The minimum absolute atomic E-state index is 0.00727. The fourth-order valence-electron chi connectivity index (χ4n) is 13.0. The molecule has 5 rings (SSSR count). The molecular formula is C75H113N25O14. The van der Waals surface area contributed by atoms with Crippen LogP contribution in [0.1, 0.15) is 147 Å². The third kappa shape index (κ3) is 30.7. The number of rotatable bonds is 52. The molecule has 2 aromatic heterocycles. The molecule has 0 spiro atoms. The Morgan fingerprint density at radius 1 is 0.544 bits per heavy atom. The van der Waals surface area contributed by atoms with Crippen LogP contribution in [-0.4, -0.2) is 216 Å². The number of nitrogens with zero attached hydrogens (tertiary/aromatic N) is 5. The number of unbranched alkanes of at least 4 members (excludes halogenated alkanes) is 3. The van der Waals surface area contributed by atoms with Crippen LogP contribution < -0.4 is 98.6 Å². The van der Waals surface area contributed by atoms with E-state index < -0.39 is 168 Å². The van der Waals surface area contributed by atoms with E-state index in [1.807, 2.05) is 18.2 Å². The number of amides is 14. The van der Waals surface area contributed by atoms with Gasteiger partial charge in [0.2, 0.25) is 82.7 Å². The summed E-state index contributed by atoms with van der Waals surface area (Å²) in [6.45, 7) is 4.62. The lowest BCUT2D eigenvalue weighted by molar-refractivity contribution is -0.143. The predicted octanol–water partition coefficient (Wildman–Crippen LogP) is -2.63. The summed E-state index contributed by atoms with van der Waals surface area (Å²) in [5.41, 5.74) is 50.9. The Balaban J connectivity index is 1.33. The molecule has 3 heterocycles. The SMILES string of the molecule is C#CC[C@H](NC(=O)[C@H](Cc1c[nH]c2ccccc12)NC(=O)[C@H](CCCN)NC(=O)CNC(=O)[C@H]1CCCN1C(=O)[C@@H](NC(=O)[C@H](CCCCN)NC(=O)[C@H](CCCCN=[N+]=[N-])NC(=O)[C@H](Cc1c[nH]c2ccccc12)NC(=O)[C@H](CCCN=C(N)N)NC(C)=O)C(C)C)C(=O)N[C@@H](CCCCN)C(=O)N[C@@H](CCC(N)=O)C(N)=O. The van der Waals surface area contributed by atoms with E-state index in [0.29, 0.717) is 54.1 Å². The Hall–Kier alpha value is -11.9. The molecule has 1 fully saturated rings. The summed E-state index contributed by atoms with van der Waals surface area (Å²) in [6, 6.07) is -0.326. The number of primary amides is 2. The summed E-state index contributed by atoms with van der Waals surface area (Å²) in [5, 5.41) is 34.3. The number of likely N-dealkylation sites (tertiary alicyclic amines) is 1. The summed E-state index contributed by atoms with van der Waals surface area (Å²) in [7, 11) is 0. The molecule has 1 saturated heterocycles. The number of nitrogens with two attached hydrogens (primary N) is 7. The molecule has 0 radical (unpaired) electrons. The largest absolute Gasteiger partial charge is 0.370 e. The van der Waals surface area contributed by atoms with Gasteiger partial charge in [0.1, 0.15) is 66.5 Å². The zero-order chi connectivity index (χ0) is 83.8. The number of guanidine groups is 1. The molecule has 114 heavy (non-hydrogen) atoms. The molecule has 0 saturated carbocycles. The zero-order valence-corrected chi connectivity index (χ0v) is 64.9. The van der Waals surface area contributed by atoms with E-state index in [1.165, 1.54) is 11.8 Å². The standard InChI is InChI=1S/C75H113N25O14/c1-5-19-52(65(105)93-55(24-10-13-32-76)68(108)91-51(64(80)104)30-31-61(79)102)92-71(111)58(38-45-40-85-49-22-8-6-20-47(45)49)97-67(107)54(27-16-34-78)90-62(103)42-87-73(113)60-29-18-37-100(60)74(114)63(43(2)3)98-70(110)57(25-11-14-33-77)94-69(109)56(26-12-15-36-88-99-83)95-72(112)59(39-46-41-86-50-23-9-7-21-48(46)50)96-66(106)53(89-44(4)101)28-17-35-84-75(81)82/h1,6-9,20-23,40-41,43,51-60,63,85-86H,10-19,24-39,42,76-78H2,2-4H3,(H2,79,102)(H2,80,104)(H,87,113)(H,89,101)(H,90,103)(H,91,108)(H,92,111)(H,93,105)(H,94,109)(H,95,112)(H,96,106)(H,97,107)(H,98,110)(H4,81,82,84)/t51-,52-,53-,54-,55-,56-,57-,58-,59-,60+,63-/m0/s1. The third-order valence-electron chi connectivity index (χ3n) is 19.1. The number of carbonyl (C=O) groups is 14. The Bertz CT molecular complexity index is 4070. The molecular weight excluding hydrogens is 1470 g/mol. The van der Waals surface area contributed by atoms with Crippen LogP contribution in [0.2, 0.25) is 0 Å². The van der Waals surface area contributed by atoms with Crippen molar-refractivity contribution in [1.82, 2.24) is 73.4 Å². The summed E-state index contributed by atoms with van der Waals surface area (Å²) < 4.78 is 0. The maximum Gasteiger partial charge on any atom is 0.246 e. The molecule has 14 amide bonds. The number of aromatic amines is 2. The highest BCUT2D eigenvalue weighted by molar-refractivity contribution is 6.00. The van der Waals surface area contributed by atoms with E-state index in [9.17, 15) is 67.1 Å². The number of H-pyrrole nitrogens is 2. The minimum Gasteiger partial charge on any atom is -0.370 e. The minimum atomic E-state index is -1.52. The maximum atomic E-state index is 14.8. The topological polar surface area (TPSA) is 649 Å². The number of nitrogens with one attached hydrogen (secondary N) is 13. The fraction of sp³-hybridized carbons (Fsp3) is 0.560. The van der Waals surface area contributed by atoms with Gasteiger partial charge in [-0.25, -0.2) is 0 Å². The highest BCUT2D eigenvalue weighted by Gasteiger charge is 2.41. The molecule has 1 aliphatic heterocycles. The Morgan fingerprint density at radius 3 is 1.46 bits per heavy atom. The van der Waals surface area contributed by atoms with Gasteiger partial charge in [-0.3, -0.25) is 72.1 Å². The van der Waals surface area contributed by atoms with E-state index in [2.05, 4.69) is 89.4 Å². The van der Waals surface area contributed by atoms with Gasteiger partial charge < -0.3 is 113 Å². The van der Waals surface area contributed by atoms with Crippen LogP contribution in [0.3, 0.4) is 0 Å². The second-order valence-electron chi connectivity index (χ2n) is 28.3. The lowest BCUT2D eigenvalue weighted by Gasteiger charge is -2.32. The predicted molar refractivity (Wildman–Crippen MR) is 425 cm³/mol. The van der Waals surface area contributed by atoms with Crippen LogP contribution in [0, 0.1) is 18.3 Å². The van der Waals surface area contributed by atoms with Crippen molar-refractivity contribution in [3.8, 4) is 12.3 Å². The summed E-state index contributed by atoms with van der Waals surface area (Å²) in [6.07, 6.45) is 10.7. The fourth-order valence-corrected chi connectivity index (χ4v) is 13.0. The van der Waals surface area contributed by atoms with Crippen molar-refractivity contribution in [1.29, 1.82) is 0 Å². The van der Waals surface area contributed by atoms with Crippen molar-refractivity contribution in [2.24, 2.45) is 56.2 Å². The smallest absolute Gasteiger partial charge is 0.246 e. The number of para-hydroxylation sites is 2. The van der Waals surface area contributed by atoms with Crippen molar-refractivity contribution < 1.29 is 67.1 Å². The van der Waals surface area contributed by atoms with Crippen LogP contribution in [-0.2, 0) is 80.0 Å². The molecule has 27 N–H and O–H groups in total. The first-order chi connectivity index (χ1) is 54.5. The van der Waals surface area contributed by atoms with E-state index in [-0.39, 0.29) is 135 Å². The lowest BCUT2D eigenvalue weighted by atomic mass is 10.00. The monoisotopic (exact) mass is 1590 g/mol. The molecule has 0 bridgehead atoms. The Morgan fingerprint density at radius 2 is 0.982 bits per heavy atom. The molecule has 622 valence electrons. The van der Waals surface area contributed by atoms with Crippen LogP contribution in [0.4, 0.5) is 0 Å². The highest BCUT2D eigenvalue weighted by atomic mass is 16.2. The molecule has 39 heteroatoms. The zero-order valence-electron chi connectivity index (χ0n) is 64.9. The Kier molecular flexibility index (Phi) is 39.7. The number of azide groups is 1. The van der Waals surface area contributed by atoms with Crippen molar-refractivity contribution in [2.75, 3.05) is 45.8 Å². The van der Waals surface area contributed by atoms with E-state index in [1.54, 1.807) is 56.6 Å². The molecule has 2 aromatic carbocycles. The number of hydrogen-bond acceptors (Lipinski definition) is 19. The van der Waals surface area contributed by atoms with Crippen molar-refractivity contribution in [2.45, 2.75) is 216 Å². The molecule has 11 atom stereocenters. The van der Waals surface area contributed by atoms with Gasteiger partial charge >= 0.3 is 0 Å². The van der Waals surface area contributed by atoms with Gasteiger partial charge in [-0.2, -0.15) is 0 Å². The molecule has 39 nitrogen and oxygen atoms in total. The third-order valence-corrected chi connectivity index (χ3v) is 19.1. The van der Waals surface area contributed by atoms with Crippen LogP contribution in [0.5, 0.6) is 0 Å². The normalized spacial score (nSPS) is 15.0. The first kappa shape index (κ1) is 92.7. The number of hydrogen-bond donors (Lipinski definition) is 20. The first-order valence-electron chi connectivity index (χ1n) is 38.4. The molecule has 4 aromatic rings. The van der Waals surface area contributed by atoms with Crippen molar-refractivity contribution in [3.63, 3.8) is 0 Å². The quantitative estimate of drug-likeness (QED) is 0.00409. The van der Waals surface area contributed by atoms with Crippen LogP contribution >= 0.6 is 0 Å². The maximum absolute atomic E-state index is 14.8. The van der Waals surface area contributed by atoms with E-state index >= 15 is 0 Å². The first-order valence-corrected chi connectivity index (χ1v) is 38.4. The van der Waals surface area contributed by atoms with Crippen molar-refractivity contribution >= 4 is 110 Å². The number of carbonyl (C=O) groups excluding carboxylic acids is 14. The summed E-state index contributed by atoms with van der Waals surface area (Å²) >= 11 is 0.